The first kappa shape index (κ1) is 18.5. The third-order valence-corrected chi connectivity index (χ3v) is 4.97. The van der Waals surface area contributed by atoms with Gasteiger partial charge in [-0.25, -0.2) is 9.37 Å². The van der Waals surface area contributed by atoms with Crippen LogP contribution in [0.15, 0.2) is 47.3 Å². The summed E-state index contributed by atoms with van der Waals surface area (Å²) >= 11 is 6.19. The first-order valence-corrected chi connectivity index (χ1v) is 9.01. The van der Waals surface area contributed by atoms with Crippen LogP contribution in [0.1, 0.15) is 31.7 Å². The van der Waals surface area contributed by atoms with Crippen LogP contribution >= 0.6 is 11.6 Å². The van der Waals surface area contributed by atoms with Gasteiger partial charge in [-0.1, -0.05) is 36.7 Å². The SMILES string of the molecule is CCC(C)N(Cc1nc2ccccc2c(=O)[nH]1)Cc1ccc(F)cc1Cl. The summed E-state index contributed by atoms with van der Waals surface area (Å²) in [5.41, 5.74) is 1.38. The topological polar surface area (TPSA) is 49.0 Å². The molecule has 0 bridgehead atoms. The van der Waals surface area contributed by atoms with Crippen LogP contribution in [0, 0.1) is 5.82 Å². The predicted octanol–water partition coefficient (Wildman–Crippen LogP) is 4.52. The molecule has 1 N–H and O–H groups in total. The molecule has 1 heterocycles. The molecule has 0 saturated carbocycles. The highest BCUT2D eigenvalue weighted by molar-refractivity contribution is 6.31. The lowest BCUT2D eigenvalue weighted by Crippen LogP contribution is -2.33. The Morgan fingerprint density at radius 3 is 2.73 bits per heavy atom. The molecule has 1 atom stereocenters. The lowest BCUT2D eigenvalue weighted by atomic mass is 10.1. The van der Waals surface area contributed by atoms with E-state index in [1.165, 1.54) is 12.1 Å². The van der Waals surface area contributed by atoms with Gasteiger partial charge in [0.05, 0.1) is 17.4 Å². The number of hydrogen-bond acceptors (Lipinski definition) is 3. The Morgan fingerprint density at radius 2 is 2.00 bits per heavy atom. The van der Waals surface area contributed by atoms with E-state index in [2.05, 4.69) is 28.7 Å². The maximum absolute atomic E-state index is 13.3. The predicted molar refractivity (Wildman–Crippen MR) is 103 cm³/mol. The number of fused-ring (bicyclic) bond motifs is 1. The molecule has 0 aliphatic heterocycles. The number of halogens is 2. The van der Waals surface area contributed by atoms with Crippen LogP contribution in [0.3, 0.4) is 0 Å². The second-order valence-electron chi connectivity index (χ2n) is 6.43. The van der Waals surface area contributed by atoms with Gasteiger partial charge in [-0.15, -0.1) is 0 Å². The summed E-state index contributed by atoms with van der Waals surface area (Å²) in [6, 6.07) is 11.9. The fourth-order valence-electron chi connectivity index (χ4n) is 2.90. The van der Waals surface area contributed by atoms with Gasteiger partial charge < -0.3 is 4.98 Å². The van der Waals surface area contributed by atoms with Crippen molar-refractivity contribution in [2.75, 3.05) is 0 Å². The van der Waals surface area contributed by atoms with E-state index in [1.54, 1.807) is 12.1 Å². The number of nitrogens with zero attached hydrogens (tertiary/aromatic N) is 2. The Bertz CT molecular complexity index is 973. The lowest BCUT2D eigenvalue weighted by Gasteiger charge is -2.28. The highest BCUT2D eigenvalue weighted by Crippen LogP contribution is 2.21. The van der Waals surface area contributed by atoms with Crippen molar-refractivity contribution in [1.82, 2.24) is 14.9 Å². The molecule has 6 heteroatoms. The summed E-state index contributed by atoms with van der Waals surface area (Å²) in [5.74, 6) is 0.251. The molecule has 136 valence electrons. The van der Waals surface area contributed by atoms with Gasteiger partial charge in [-0.05, 0) is 43.2 Å². The Hall–Kier alpha value is -2.24. The molecule has 2 aromatic carbocycles. The number of H-pyrrole nitrogens is 1. The van der Waals surface area contributed by atoms with Crippen molar-refractivity contribution >= 4 is 22.5 Å². The van der Waals surface area contributed by atoms with Crippen LogP contribution < -0.4 is 5.56 Å². The summed E-state index contributed by atoms with van der Waals surface area (Å²) in [4.78, 5) is 21.9. The third-order valence-electron chi connectivity index (χ3n) is 4.62. The Labute approximate surface area is 156 Å². The fourth-order valence-corrected chi connectivity index (χ4v) is 3.12. The Kier molecular flexibility index (Phi) is 5.69. The van der Waals surface area contributed by atoms with Crippen LogP contribution in [0.5, 0.6) is 0 Å². The molecule has 4 nitrogen and oxygen atoms in total. The standard InChI is InChI=1S/C20H21ClFN3O/c1-3-13(2)25(11-14-8-9-15(22)10-17(14)21)12-19-23-18-7-5-4-6-16(18)20(26)24-19/h4-10,13H,3,11-12H2,1-2H3,(H,23,24,26). The highest BCUT2D eigenvalue weighted by atomic mass is 35.5. The minimum absolute atomic E-state index is 0.144. The van der Waals surface area contributed by atoms with Crippen molar-refractivity contribution in [2.24, 2.45) is 0 Å². The molecular formula is C20H21ClFN3O. The zero-order valence-corrected chi connectivity index (χ0v) is 15.6. The highest BCUT2D eigenvalue weighted by Gasteiger charge is 2.17. The monoisotopic (exact) mass is 373 g/mol. The molecule has 0 fully saturated rings. The number of nitrogens with one attached hydrogen (secondary N) is 1. The first-order chi connectivity index (χ1) is 12.5. The molecule has 0 saturated heterocycles. The number of para-hydroxylation sites is 1. The average Bonchev–Trinajstić information content (AvgIpc) is 2.62. The fraction of sp³-hybridized carbons (Fsp3) is 0.300. The van der Waals surface area contributed by atoms with Crippen LogP contribution in [0.4, 0.5) is 4.39 Å². The van der Waals surface area contributed by atoms with Crippen molar-refractivity contribution < 1.29 is 4.39 Å². The quantitative estimate of drug-likeness (QED) is 0.691. The molecule has 26 heavy (non-hydrogen) atoms. The maximum Gasteiger partial charge on any atom is 0.258 e. The van der Waals surface area contributed by atoms with Gasteiger partial charge in [-0.3, -0.25) is 9.69 Å². The van der Waals surface area contributed by atoms with Crippen molar-refractivity contribution in [3.63, 3.8) is 0 Å². The molecule has 0 spiro atoms. The van der Waals surface area contributed by atoms with E-state index in [1.807, 2.05) is 18.2 Å². The minimum atomic E-state index is -0.352. The molecule has 1 unspecified atom stereocenters. The van der Waals surface area contributed by atoms with Gasteiger partial charge in [0.15, 0.2) is 0 Å². The van der Waals surface area contributed by atoms with E-state index >= 15 is 0 Å². The van der Waals surface area contributed by atoms with Crippen LogP contribution in [0.25, 0.3) is 10.9 Å². The summed E-state index contributed by atoms with van der Waals surface area (Å²) in [7, 11) is 0. The number of aromatic amines is 1. The summed E-state index contributed by atoms with van der Waals surface area (Å²) in [6.07, 6.45) is 0.927. The van der Waals surface area contributed by atoms with Crippen molar-refractivity contribution in [1.29, 1.82) is 0 Å². The van der Waals surface area contributed by atoms with E-state index in [-0.39, 0.29) is 17.4 Å². The van der Waals surface area contributed by atoms with E-state index in [9.17, 15) is 9.18 Å². The smallest absolute Gasteiger partial charge is 0.258 e. The zero-order valence-electron chi connectivity index (χ0n) is 14.8. The second kappa shape index (κ2) is 7.98. The summed E-state index contributed by atoms with van der Waals surface area (Å²) in [5, 5.41) is 0.978. The normalized spacial score (nSPS) is 12.7. The number of aromatic nitrogens is 2. The molecule has 3 aromatic rings. The molecule has 0 aliphatic rings. The minimum Gasteiger partial charge on any atom is -0.309 e. The van der Waals surface area contributed by atoms with E-state index in [0.29, 0.717) is 34.8 Å². The van der Waals surface area contributed by atoms with Gasteiger partial charge >= 0.3 is 0 Å². The van der Waals surface area contributed by atoms with Gasteiger partial charge in [0.1, 0.15) is 11.6 Å². The number of benzene rings is 2. The Morgan fingerprint density at radius 1 is 1.23 bits per heavy atom. The molecule has 3 rings (SSSR count). The molecule has 1 aromatic heterocycles. The molecule has 0 radical (unpaired) electrons. The van der Waals surface area contributed by atoms with E-state index in [4.69, 9.17) is 11.6 Å². The van der Waals surface area contributed by atoms with Gasteiger partial charge in [-0.2, -0.15) is 0 Å². The molecule has 0 amide bonds. The van der Waals surface area contributed by atoms with Crippen LogP contribution in [-0.4, -0.2) is 20.9 Å². The third kappa shape index (κ3) is 4.11. The second-order valence-corrected chi connectivity index (χ2v) is 6.83. The maximum atomic E-state index is 13.3. The van der Waals surface area contributed by atoms with Crippen LogP contribution in [0.2, 0.25) is 5.02 Å². The average molecular weight is 374 g/mol. The van der Waals surface area contributed by atoms with E-state index in [0.717, 1.165) is 12.0 Å². The molecule has 0 aliphatic carbocycles. The Balaban J connectivity index is 1.90. The molecular weight excluding hydrogens is 353 g/mol. The summed E-state index contributed by atoms with van der Waals surface area (Å²) < 4.78 is 13.3. The van der Waals surface area contributed by atoms with Crippen LogP contribution in [-0.2, 0) is 13.1 Å². The largest absolute Gasteiger partial charge is 0.309 e. The number of hydrogen-bond donors (Lipinski definition) is 1. The van der Waals surface area contributed by atoms with Crippen molar-refractivity contribution in [2.45, 2.75) is 39.4 Å². The first-order valence-electron chi connectivity index (χ1n) is 8.64. The van der Waals surface area contributed by atoms with Crippen molar-refractivity contribution in [3.8, 4) is 0 Å². The zero-order chi connectivity index (χ0) is 18.7. The van der Waals surface area contributed by atoms with E-state index < -0.39 is 0 Å². The lowest BCUT2D eigenvalue weighted by molar-refractivity contribution is 0.181. The van der Waals surface area contributed by atoms with Crippen molar-refractivity contribution in [3.05, 3.63) is 75.0 Å². The summed E-state index contributed by atoms with van der Waals surface area (Å²) in [6.45, 7) is 5.23. The van der Waals surface area contributed by atoms with Gasteiger partial charge in [0.25, 0.3) is 5.56 Å². The van der Waals surface area contributed by atoms with Gasteiger partial charge in [0.2, 0.25) is 0 Å². The van der Waals surface area contributed by atoms with Gasteiger partial charge in [0, 0.05) is 17.6 Å². The number of rotatable bonds is 6.